The van der Waals surface area contributed by atoms with Gasteiger partial charge in [-0.1, -0.05) is 11.2 Å². The molecule has 1 aromatic heterocycles. The zero-order valence-corrected chi connectivity index (χ0v) is 18.7. The number of thiazole rings is 1. The van der Waals surface area contributed by atoms with Gasteiger partial charge in [0.15, 0.2) is 11.9 Å². The number of rotatable bonds is 5. The Kier molecular flexibility index (Phi) is 5.98. The van der Waals surface area contributed by atoms with Crippen LogP contribution in [-0.4, -0.2) is 49.3 Å². The first-order chi connectivity index (χ1) is 14.7. The molecule has 1 unspecified atom stereocenters. The Morgan fingerprint density at radius 2 is 2.06 bits per heavy atom. The third kappa shape index (κ3) is 4.87. The van der Waals surface area contributed by atoms with Gasteiger partial charge < -0.3 is 13.9 Å². The summed E-state index contributed by atoms with van der Waals surface area (Å²) in [5, 5.41) is 6.95. The van der Waals surface area contributed by atoms with Crippen LogP contribution in [0.3, 0.4) is 0 Å². The van der Waals surface area contributed by atoms with E-state index >= 15 is 0 Å². The summed E-state index contributed by atoms with van der Waals surface area (Å²) in [5.41, 5.74) is 1.25. The van der Waals surface area contributed by atoms with E-state index in [0.717, 1.165) is 37.2 Å². The maximum absolute atomic E-state index is 14.5. The smallest absolute Gasteiger partial charge is 0.306 e. The van der Waals surface area contributed by atoms with E-state index in [-0.39, 0.29) is 29.6 Å². The van der Waals surface area contributed by atoms with Gasteiger partial charge in [-0.25, -0.2) is 9.37 Å². The number of piperidine rings is 1. The van der Waals surface area contributed by atoms with Gasteiger partial charge in [0.2, 0.25) is 5.91 Å². The number of nitrogens with zero attached hydrogens (tertiary/aromatic N) is 3. The molecule has 31 heavy (non-hydrogen) atoms. The SMILES string of the molecule is CC(=O)N1CCC(c2nc(C3=NOC(c4c(F)cccc4OS(C)(=O)=O)C3)cs2)CC1. The lowest BCUT2D eigenvalue weighted by atomic mass is 9.97. The van der Waals surface area contributed by atoms with E-state index in [2.05, 4.69) is 5.16 Å². The number of hydrogen-bond acceptors (Lipinski definition) is 8. The Labute approximate surface area is 183 Å². The molecule has 1 atom stereocenters. The second-order valence-corrected chi connectivity index (χ2v) is 10.1. The molecule has 2 aliphatic heterocycles. The molecule has 1 fully saturated rings. The maximum atomic E-state index is 14.5. The van der Waals surface area contributed by atoms with Gasteiger partial charge in [0, 0.05) is 37.7 Å². The minimum Gasteiger partial charge on any atom is -0.387 e. The zero-order valence-electron chi connectivity index (χ0n) is 17.1. The van der Waals surface area contributed by atoms with Crippen molar-refractivity contribution in [3.63, 3.8) is 0 Å². The Hall–Kier alpha value is -2.53. The highest BCUT2D eigenvalue weighted by atomic mass is 32.2. The van der Waals surface area contributed by atoms with Crippen LogP contribution < -0.4 is 4.18 Å². The second kappa shape index (κ2) is 8.54. The first-order valence-electron chi connectivity index (χ1n) is 9.83. The van der Waals surface area contributed by atoms with E-state index in [4.69, 9.17) is 14.0 Å². The molecule has 4 rings (SSSR count). The molecule has 0 spiro atoms. The van der Waals surface area contributed by atoms with Gasteiger partial charge in [0.05, 0.1) is 22.5 Å². The molecule has 0 bridgehead atoms. The molecule has 166 valence electrons. The summed E-state index contributed by atoms with van der Waals surface area (Å²) < 4.78 is 42.5. The molecule has 0 saturated carbocycles. The zero-order chi connectivity index (χ0) is 22.2. The molecule has 1 amide bonds. The fourth-order valence-electron chi connectivity index (χ4n) is 3.80. The van der Waals surface area contributed by atoms with Crippen molar-refractivity contribution >= 4 is 33.1 Å². The number of aromatic nitrogens is 1. The molecule has 1 aromatic carbocycles. The average Bonchev–Trinajstić information content (AvgIpc) is 3.36. The van der Waals surface area contributed by atoms with Crippen LogP contribution >= 0.6 is 11.3 Å². The van der Waals surface area contributed by atoms with Gasteiger partial charge in [0.25, 0.3) is 0 Å². The number of halogens is 1. The van der Waals surface area contributed by atoms with Crippen LogP contribution in [0.25, 0.3) is 0 Å². The van der Waals surface area contributed by atoms with E-state index < -0.39 is 22.0 Å². The highest BCUT2D eigenvalue weighted by Crippen LogP contribution is 2.38. The fourth-order valence-corrected chi connectivity index (χ4v) is 5.27. The molecule has 0 aliphatic carbocycles. The fraction of sp³-hybridized carbons (Fsp3) is 0.450. The molecule has 8 nitrogen and oxygen atoms in total. The van der Waals surface area contributed by atoms with Gasteiger partial charge in [-0.05, 0) is 25.0 Å². The first kappa shape index (κ1) is 21.7. The lowest BCUT2D eigenvalue weighted by Crippen LogP contribution is -2.36. The van der Waals surface area contributed by atoms with E-state index in [1.165, 1.54) is 29.5 Å². The van der Waals surface area contributed by atoms with Crippen LogP contribution in [0.4, 0.5) is 4.39 Å². The van der Waals surface area contributed by atoms with E-state index in [1.54, 1.807) is 6.92 Å². The van der Waals surface area contributed by atoms with Gasteiger partial charge in [-0.15, -0.1) is 11.3 Å². The van der Waals surface area contributed by atoms with Crippen molar-refractivity contribution in [1.82, 2.24) is 9.88 Å². The van der Waals surface area contributed by atoms with Crippen molar-refractivity contribution in [3.8, 4) is 5.75 Å². The molecule has 0 N–H and O–H groups in total. The van der Waals surface area contributed by atoms with Crippen LogP contribution in [0.1, 0.15) is 54.5 Å². The third-order valence-corrected chi connectivity index (χ3v) is 6.84. The summed E-state index contributed by atoms with van der Waals surface area (Å²) in [6.07, 6.45) is 2.06. The number of likely N-dealkylation sites (tertiary alicyclic amines) is 1. The minimum atomic E-state index is -3.83. The molecule has 11 heteroatoms. The van der Waals surface area contributed by atoms with Crippen LogP contribution in [0.15, 0.2) is 28.7 Å². The number of carbonyl (C=O) groups excluding carboxylic acids is 1. The van der Waals surface area contributed by atoms with Gasteiger partial charge in [0.1, 0.15) is 11.5 Å². The quantitative estimate of drug-likeness (QED) is 0.627. The van der Waals surface area contributed by atoms with Crippen molar-refractivity contribution in [2.75, 3.05) is 19.3 Å². The number of oxime groups is 1. The number of hydrogen-bond donors (Lipinski definition) is 0. The normalized spacial score (nSPS) is 19.8. The summed E-state index contributed by atoms with van der Waals surface area (Å²) in [6, 6.07) is 3.98. The lowest BCUT2D eigenvalue weighted by molar-refractivity contribution is -0.129. The number of amides is 1. The highest BCUT2D eigenvalue weighted by molar-refractivity contribution is 7.86. The van der Waals surface area contributed by atoms with E-state index in [0.29, 0.717) is 11.4 Å². The number of benzene rings is 1. The standard InChI is InChI=1S/C20H22FN3O5S2/c1-12(25)24-8-6-13(7-9-24)20-22-16(11-30-20)15-10-18(28-23-15)19-14(21)4-3-5-17(19)29-31(2,26)27/h3-5,11,13,18H,6-10H2,1-2H3. The van der Waals surface area contributed by atoms with E-state index in [1.807, 2.05) is 10.3 Å². The Balaban J connectivity index is 1.47. The molecular weight excluding hydrogens is 445 g/mol. The number of carbonyl (C=O) groups is 1. The van der Waals surface area contributed by atoms with Crippen LogP contribution in [0.5, 0.6) is 5.75 Å². The molecule has 3 heterocycles. The summed E-state index contributed by atoms with van der Waals surface area (Å²) >= 11 is 1.53. The summed E-state index contributed by atoms with van der Waals surface area (Å²) in [7, 11) is -3.83. The topological polar surface area (TPSA) is 98.2 Å². The molecule has 2 aliphatic rings. The second-order valence-electron chi connectivity index (χ2n) is 7.63. The predicted molar refractivity (Wildman–Crippen MR) is 113 cm³/mol. The van der Waals surface area contributed by atoms with Crippen molar-refractivity contribution in [2.45, 2.75) is 38.2 Å². The molecule has 2 aromatic rings. The largest absolute Gasteiger partial charge is 0.387 e. The van der Waals surface area contributed by atoms with E-state index in [9.17, 15) is 17.6 Å². The Morgan fingerprint density at radius 3 is 2.74 bits per heavy atom. The van der Waals surface area contributed by atoms with Gasteiger partial charge in [-0.2, -0.15) is 8.42 Å². The predicted octanol–water partition coefficient (Wildman–Crippen LogP) is 3.21. The summed E-state index contributed by atoms with van der Waals surface area (Å²) in [5.74, 6) is -0.359. The van der Waals surface area contributed by atoms with Gasteiger partial charge >= 0.3 is 10.1 Å². The van der Waals surface area contributed by atoms with Crippen molar-refractivity contribution in [3.05, 3.63) is 45.7 Å². The monoisotopic (exact) mass is 467 g/mol. The first-order valence-corrected chi connectivity index (χ1v) is 12.5. The Morgan fingerprint density at radius 1 is 1.32 bits per heavy atom. The lowest BCUT2D eigenvalue weighted by Gasteiger charge is -2.30. The van der Waals surface area contributed by atoms with Gasteiger partial charge in [-0.3, -0.25) is 4.79 Å². The minimum absolute atomic E-state index is 0.0127. The summed E-state index contributed by atoms with van der Waals surface area (Å²) in [4.78, 5) is 23.5. The van der Waals surface area contributed by atoms with Crippen LogP contribution in [0.2, 0.25) is 0 Å². The summed E-state index contributed by atoms with van der Waals surface area (Å²) in [6.45, 7) is 3.02. The van der Waals surface area contributed by atoms with Crippen LogP contribution in [-0.2, 0) is 19.8 Å². The third-order valence-electron chi connectivity index (χ3n) is 5.35. The molecule has 1 saturated heterocycles. The molecular formula is C20H22FN3O5S2. The molecule has 0 radical (unpaired) electrons. The van der Waals surface area contributed by atoms with Crippen molar-refractivity contribution in [1.29, 1.82) is 0 Å². The Bertz CT molecular complexity index is 1120. The van der Waals surface area contributed by atoms with Crippen molar-refractivity contribution in [2.24, 2.45) is 5.16 Å². The maximum Gasteiger partial charge on any atom is 0.306 e. The highest BCUT2D eigenvalue weighted by Gasteiger charge is 2.32. The van der Waals surface area contributed by atoms with Crippen molar-refractivity contribution < 1.29 is 26.6 Å². The van der Waals surface area contributed by atoms with Crippen LogP contribution in [0, 0.1) is 5.82 Å². The average molecular weight is 468 g/mol.